The first-order valence-electron chi connectivity index (χ1n) is 7.42. The van der Waals surface area contributed by atoms with Gasteiger partial charge in [-0.2, -0.15) is 0 Å². The van der Waals surface area contributed by atoms with E-state index in [1.54, 1.807) is 0 Å². The lowest BCUT2D eigenvalue weighted by molar-refractivity contribution is 0.0889. The summed E-state index contributed by atoms with van der Waals surface area (Å²) in [6.45, 7) is 5.78. The summed E-state index contributed by atoms with van der Waals surface area (Å²) < 4.78 is 11.2. The fraction of sp³-hybridized carbons (Fsp3) is 0.333. The molecule has 3 heteroatoms. The fourth-order valence-electron chi connectivity index (χ4n) is 1.96. The summed E-state index contributed by atoms with van der Waals surface area (Å²) in [7, 11) is 0. The number of ether oxygens (including phenoxy) is 2. The molecule has 112 valence electrons. The fourth-order valence-corrected chi connectivity index (χ4v) is 1.96. The minimum atomic E-state index is 0.569. The highest BCUT2D eigenvalue weighted by molar-refractivity contribution is 5.27. The lowest BCUT2D eigenvalue weighted by atomic mass is 10.2. The molecule has 0 bridgehead atoms. The average molecular weight is 285 g/mol. The van der Waals surface area contributed by atoms with Crippen LogP contribution in [-0.2, 0) is 17.9 Å². The molecule has 0 atom stereocenters. The van der Waals surface area contributed by atoms with Crippen LogP contribution in [0.3, 0.4) is 0 Å². The molecule has 2 rings (SSSR count). The lowest BCUT2D eigenvalue weighted by Crippen LogP contribution is -2.11. The zero-order valence-corrected chi connectivity index (χ0v) is 12.5. The van der Waals surface area contributed by atoms with Crippen LogP contribution in [0.15, 0.2) is 54.6 Å². The normalized spacial score (nSPS) is 10.5. The van der Waals surface area contributed by atoms with Crippen LogP contribution in [0.4, 0.5) is 0 Å². The van der Waals surface area contributed by atoms with E-state index in [9.17, 15) is 0 Å². The van der Waals surface area contributed by atoms with E-state index in [0.29, 0.717) is 19.8 Å². The molecule has 0 spiro atoms. The maximum atomic E-state index is 5.66. The van der Waals surface area contributed by atoms with E-state index in [1.165, 1.54) is 11.1 Å². The number of benzene rings is 2. The van der Waals surface area contributed by atoms with Crippen molar-refractivity contribution >= 4 is 0 Å². The Balaban J connectivity index is 1.62. The van der Waals surface area contributed by atoms with Gasteiger partial charge in [-0.05, 0) is 29.8 Å². The molecule has 0 unspecified atom stereocenters. The van der Waals surface area contributed by atoms with E-state index in [4.69, 9.17) is 9.47 Å². The predicted octanol–water partition coefficient (Wildman–Crippen LogP) is 3.39. The topological polar surface area (TPSA) is 30.5 Å². The molecule has 0 aliphatic carbocycles. The van der Waals surface area contributed by atoms with Crippen molar-refractivity contribution in [1.82, 2.24) is 5.32 Å². The second kappa shape index (κ2) is 9.16. The van der Waals surface area contributed by atoms with Crippen LogP contribution in [0, 0.1) is 0 Å². The summed E-state index contributed by atoms with van der Waals surface area (Å²) in [6.07, 6.45) is 0. The minimum Gasteiger partial charge on any atom is -0.491 e. The second-order valence-electron chi connectivity index (χ2n) is 4.81. The monoisotopic (exact) mass is 285 g/mol. The Hall–Kier alpha value is -1.84. The maximum Gasteiger partial charge on any atom is 0.119 e. The van der Waals surface area contributed by atoms with E-state index in [1.807, 2.05) is 30.3 Å². The van der Waals surface area contributed by atoms with Crippen molar-refractivity contribution in [3.63, 3.8) is 0 Å². The largest absolute Gasteiger partial charge is 0.491 e. The molecule has 0 saturated carbocycles. The van der Waals surface area contributed by atoms with Crippen LogP contribution >= 0.6 is 0 Å². The van der Waals surface area contributed by atoms with Crippen LogP contribution in [0.25, 0.3) is 0 Å². The van der Waals surface area contributed by atoms with Crippen molar-refractivity contribution in [3.05, 3.63) is 65.7 Å². The Morgan fingerprint density at radius 3 is 2.33 bits per heavy atom. The highest BCUT2D eigenvalue weighted by Gasteiger charge is 1.96. The van der Waals surface area contributed by atoms with Crippen LogP contribution in [-0.4, -0.2) is 19.8 Å². The molecule has 2 aromatic carbocycles. The Morgan fingerprint density at radius 2 is 1.62 bits per heavy atom. The van der Waals surface area contributed by atoms with E-state index in [2.05, 4.69) is 36.5 Å². The van der Waals surface area contributed by atoms with Gasteiger partial charge in [0.05, 0.1) is 13.2 Å². The molecule has 0 fully saturated rings. The third kappa shape index (κ3) is 5.98. The Bertz CT molecular complexity index is 496. The summed E-state index contributed by atoms with van der Waals surface area (Å²) in [5.41, 5.74) is 2.45. The number of hydrogen-bond donors (Lipinski definition) is 1. The summed E-state index contributed by atoms with van der Waals surface area (Å²) in [6, 6.07) is 18.3. The first-order valence-corrected chi connectivity index (χ1v) is 7.42. The highest BCUT2D eigenvalue weighted by atomic mass is 16.5. The highest BCUT2D eigenvalue weighted by Crippen LogP contribution is 2.12. The van der Waals surface area contributed by atoms with Gasteiger partial charge in [-0.15, -0.1) is 0 Å². The number of rotatable bonds is 9. The van der Waals surface area contributed by atoms with E-state index < -0.39 is 0 Å². The zero-order chi connectivity index (χ0) is 14.8. The summed E-state index contributed by atoms with van der Waals surface area (Å²) >= 11 is 0. The smallest absolute Gasteiger partial charge is 0.119 e. The van der Waals surface area contributed by atoms with Crippen molar-refractivity contribution in [2.45, 2.75) is 20.1 Å². The van der Waals surface area contributed by atoms with Crippen molar-refractivity contribution < 1.29 is 9.47 Å². The standard InChI is InChI=1S/C18H23NO2/c1-2-19-14-16-8-10-18(11-9-16)21-13-12-20-15-17-6-4-3-5-7-17/h3-11,19H,2,12-15H2,1H3. The second-order valence-corrected chi connectivity index (χ2v) is 4.81. The average Bonchev–Trinajstić information content (AvgIpc) is 2.55. The molecule has 2 aromatic rings. The van der Waals surface area contributed by atoms with Gasteiger partial charge < -0.3 is 14.8 Å². The molecule has 0 amide bonds. The maximum absolute atomic E-state index is 5.66. The third-order valence-electron chi connectivity index (χ3n) is 3.11. The van der Waals surface area contributed by atoms with Crippen molar-refractivity contribution in [1.29, 1.82) is 0 Å². The summed E-state index contributed by atoms with van der Waals surface area (Å²) in [5.74, 6) is 0.888. The van der Waals surface area contributed by atoms with E-state index in [0.717, 1.165) is 18.8 Å². The van der Waals surface area contributed by atoms with Crippen LogP contribution in [0.5, 0.6) is 5.75 Å². The first kappa shape index (κ1) is 15.5. The van der Waals surface area contributed by atoms with Crippen LogP contribution in [0.1, 0.15) is 18.1 Å². The first-order chi connectivity index (χ1) is 10.4. The van der Waals surface area contributed by atoms with Gasteiger partial charge in [-0.3, -0.25) is 0 Å². The Labute approximate surface area is 126 Å². The summed E-state index contributed by atoms with van der Waals surface area (Å²) in [4.78, 5) is 0. The van der Waals surface area contributed by atoms with Crippen molar-refractivity contribution in [3.8, 4) is 5.75 Å². The quantitative estimate of drug-likeness (QED) is 0.716. The molecule has 21 heavy (non-hydrogen) atoms. The Kier molecular flexibility index (Phi) is 6.78. The molecule has 0 aromatic heterocycles. The van der Waals surface area contributed by atoms with Crippen molar-refractivity contribution in [2.75, 3.05) is 19.8 Å². The lowest BCUT2D eigenvalue weighted by Gasteiger charge is -2.08. The van der Waals surface area contributed by atoms with Crippen LogP contribution in [0.2, 0.25) is 0 Å². The van der Waals surface area contributed by atoms with Gasteiger partial charge in [-0.25, -0.2) is 0 Å². The SMILES string of the molecule is CCNCc1ccc(OCCOCc2ccccc2)cc1. The molecular formula is C18H23NO2. The number of nitrogens with one attached hydrogen (secondary N) is 1. The van der Waals surface area contributed by atoms with Gasteiger partial charge in [0.15, 0.2) is 0 Å². The molecule has 0 aliphatic rings. The molecule has 1 N–H and O–H groups in total. The van der Waals surface area contributed by atoms with Gasteiger partial charge in [0.1, 0.15) is 12.4 Å². The Morgan fingerprint density at radius 1 is 0.857 bits per heavy atom. The molecular weight excluding hydrogens is 262 g/mol. The molecule has 0 heterocycles. The van der Waals surface area contributed by atoms with E-state index >= 15 is 0 Å². The molecule has 0 aliphatic heterocycles. The predicted molar refractivity (Wildman–Crippen MR) is 85.4 cm³/mol. The minimum absolute atomic E-state index is 0.569. The molecule has 0 radical (unpaired) electrons. The summed E-state index contributed by atoms with van der Waals surface area (Å²) in [5, 5.41) is 3.30. The van der Waals surface area contributed by atoms with Gasteiger partial charge in [0.25, 0.3) is 0 Å². The molecule has 0 saturated heterocycles. The van der Waals surface area contributed by atoms with Crippen molar-refractivity contribution in [2.24, 2.45) is 0 Å². The zero-order valence-electron chi connectivity index (χ0n) is 12.5. The van der Waals surface area contributed by atoms with Gasteiger partial charge in [0, 0.05) is 6.54 Å². The molecule has 3 nitrogen and oxygen atoms in total. The van der Waals surface area contributed by atoms with Gasteiger partial charge >= 0.3 is 0 Å². The third-order valence-corrected chi connectivity index (χ3v) is 3.11. The van der Waals surface area contributed by atoms with Gasteiger partial charge in [-0.1, -0.05) is 49.4 Å². The van der Waals surface area contributed by atoms with Crippen LogP contribution < -0.4 is 10.1 Å². The number of hydrogen-bond acceptors (Lipinski definition) is 3. The van der Waals surface area contributed by atoms with E-state index in [-0.39, 0.29) is 0 Å². The van der Waals surface area contributed by atoms with Gasteiger partial charge in [0.2, 0.25) is 0 Å².